The highest BCUT2D eigenvalue weighted by Crippen LogP contribution is 2.32. The van der Waals surface area contributed by atoms with E-state index in [4.69, 9.17) is 5.73 Å². The van der Waals surface area contributed by atoms with Crippen LogP contribution in [0.15, 0.2) is 0 Å². The number of nitrogens with zero attached hydrogens (tertiary/aromatic N) is 2. The molecule has 19 heavy (non-hydrogen) atoms. The predicted octanol–water partition coefficient (Wildman–Crippen LogP) is 3.51. The van der Waals surface area contributed by atoms with Crippen LogP contribution in [0.2, 0.25) is 0 Å². The summed E-state index contributed by atoms with van der Waals surface area (Å²) < 4.78 is 1.90. The van der Waals surface area contributed by atoms with E-state index >= 15 is 0 Å². The molecule has 0 bridgehead atoms. The Morgan fingerprint density at radius 3 is 2.42 bits per heavy atom. The van der Waals surface area contributed by atoms with E-state index in [0.717, 1.165) is 23.1 Å². The summed E-state index contributed by atoms with van der Waals surface area (Å²) in [5.41, 5.74) is 8.07. The quantitative estimate of drug-likeness (QED) is 0.875. The average Bonchev–Trinajstić information content (AvgIpc) is 2.68. The molecule has 1 aromatic rings. The molecule has 0 radical (unpaired) electrons. The first kappa shape index (κ1) is 14.2. The molecule has 1 fully saturated rings. The molecule has 1 aliphatic rings. The Labute approximate surface area is 116 Å². The smallest absolute Gasteiger partial charge is 0.148 e. The highest BCUT2D eigenvalue weighted by Gasteiger charge is 2.23. The molecule has 108 valence electrons. The maximum absolute atomic E-state index is 6.23. The van der Waals surface area contributed by atoms with Crippen LogP contribution in [0, 0.1) is 5.92 Å². The molecule has 0 atom stereocenters. The molecule has 0 unspecified atom stereocenters. The molecule has 0 aromatic carbocycles. The van der Waals surface area contributed by atoms with Gasteiger partial charge in [-0.25, -0.2) is 0 Å². The second kappa shape index (κ2) is 5.85. The number of aromatic nitrogens is 2. The van der Waals surface area contributed by atoms with Crippen LogP contribution in [0.4, 0.5) is 11.5 Å². The summed E-state index contributed by atoms with van der Waals surface area (Å²) >= 11 is 0. The van der Waals surface area contributed by atoms with Gasteiger partial charge in [0.2, 0.25) is 0 Å². The molecule has 4 heteroatoms. The van der Waals surface area contributed by atoms with Gasteiger partial charge in [-0.2, -0.15) is 5.10 Å². The molecule has 0 amide bonds. The molecule has 4 nitrogen and oxygen atoms in total. The van der Waals surface area contributed by atoms with Crippen LogP contribution in [0.3, 0.4) is 0 Å². The highest BCUT2D eigenvalue weighted by atomic mass is 15.3. The number of nitrogens with one attached hydrogen (secondary N) is 1. The van der Waals surface area contributed by atoms with Gasteiger partial charge in [0.15, 0.2) is 0 Å². The Balaban J connectivity index is 2.04. The van der Waals surface area contributed by atoms with E-state index in [2.05, 4.69) is 31.2 Å². The lowest BCUT2D eigenvalue weighted by Crippen LogP contribution is -2.27. The molecule has 3 N–H and O–H groups in total. The van der Waals surface area contributed by atoms with Crippen LogP contribution < -0.4 is 11.1 Å². The number of aryl methyl sites for hydroxylation is 1. The van der Waals surface area contributed by atoms with Gasteiger partial charge in [0.25, 0.3) is 0 Å². The first-order valence-electron chi connectivity index (χ1n) is 7.61. The fraction of sp³-hybridized carbons (Fsp3) is 0.800. The fourth-order valence-corrected chi connectivity index (χ4v) is 3.07. The summed E-state index contributed by atoms with van der Waals surface area (Å²) in [7, 11) is 1.97. The lowest BCUT2D eigenvalue weighted by molar-refractivity contribution is 0.329. The van der Waals surface area contributed by atoms with Crippen molar-refractivity contribution in [3.8, 4) is 0 Å². The van der Waals surface area contributed by atoms with Crippen molar-refractivity contribution < 1.29 is 0 Å². The van der Waals surface area contributed by atoms with Crippen LogP contribution in [0.25, 0.3) is 0 Å². The zero-order valence-corrected chi connectivity index (χ0v) is 12.7. The topological polar surface area (TPSA) is 55.9 Å². The van der Waals surface area contributed by atoms with E-state index in [9.17, 15) is 0 Å². The van der Waals surface area contributed by atoms with Crippen molar-refractivity contribution >= 4 is 11.5 Å². The maximum atomic E-state index is 6.23. The SMILES string of the molecule is CCC1CCC(Nc2c(N)c(C(C)C)nn2C)CC1. The monoisotopic (exact) mass is 264 g/mol. The van der Waals surface area contributed by atoms with E-state index in [-0.39, 0.29) is 0 Å². The van der Waals surface area contributed by atoms with Crippen LogP contribution >= 0.6 is 0 Å². The third-order valence-corrected chi connectivity index (χ3v) is 4.42. The summed E-state index contributed by atoms with van der Waals surface area (Å²) in [5.74, 6) is 2.30. The summed E-state index contributed by atoms with van der Waals surface area (Å²) in [5, 5.41) is 8.15. The van der Waals surface area contributed by atoms with Crippen molar-refractivity contribution in [1.29, 1.82) is 0 Å². The Morgan fingerprint density at radius 2 is 1.95 bits per heavy atom. The molecule has 1 saturated carbocycles. The molecule has 1 aliphatic carbocycles. The molecule has 0 spiro atoms. The summed E-state index contributed by atoms with van der Waals surface area (Å²) in [6.45, 7) is 6.57. The minimum Gasteiger partial charge on any atom is -0.394 e. The Hall–Kier alpha value is -1.19. The fourth-order valence-electron chi connectivity index (χ4n) is 3.07. The summed E-state index contributed by atoms with van der Waals surface area (Å²) in [6.07, 6.45) is 6.49. The maximum Gasteiger partial charge on any atom is 0.148 e. The molecular weight excluding hydrogens is 236 g/mol. The third kappa shape index (κ3) is 3.04. The zero-order chi connectivity index (χ0) is 14.0. The number of hydrogen-bond donors (Lipinski definition) is 2. The number of anilines is 2. The second-order valence-corrected chi connectivity index (χ2v) is 6.20. The Morgan fingerprint density at radius 1 is 1.32 bits per heavy atom. The van der Waals surface area contributed by atoms with Gasteiger partial charge in [-0.1, -0.05) is 27.2 Å². The van der Waals surface area contributed by atoms with E-state index in [1.54, 1.807) is 0 Å². The van der Waals surface area contributed by atoms with Crippen LogP contribution in [-0.2, 0) is 7.05 Å². The molecule has 1 aromatic heterocycles. The minimum absolute atomic E-state index is 0.373. The van der Waals surface area contributed by atoms with Gasteiger partial charge in [0.1, 0.15) is 5.82 Å². The van der Waals surface area contributed by atoms with Crippen molar-refractivity contribution in [3.63, 3.8) is 0 Å². The van der Waals surface area contributed by atoms with Crippen LogP contribution in [0.1, 0.15) is 64.5 Å². The van der Waals surface area contributed by atoms with Gasteiger partial charge in [-0.15, -0.1) is 0 Å². The minimum atomic E-state index is 0.373. The largest absolute Gasteiger partial charge is 0.394 e. The van der Waals surface area contributed by atoms with Crippen LogP contribution in [-0.4, -0.2) is 15.8 Å². The van der Waals surface area contributed by atoms with Gasteiger partial charge < -0.3 is 11.1 Å². The molecule has 0 saturated heterocycles. The van der Waals surface area contributed by atoms with E-state index < -0.39 is 0 Å². The summed E-state index contributed by atoms with van der Waals surface area (Å²) in [4.78, 5) is 0. The standard InChI is InChI=1S/C15H28N4/c1-5-11-6-8-12(9-7-11)17-15-13(16)14(10(2)3)18-19(15)4/h10-12,17H,5-9,16H2,1-4H3. The van der Waals surface area contributed by atoms with E-state index in [0.29, 0.717) is 12.0 Å². The lowest BCUT2D eigenvalue weighted by atomic mass is 9.84. The molecule has 1 heterocycles. The normalized spacial score (nSPS) is 23.8. The van der Waals surface area contributed by atoms with Gasteiger partial charge >= 0.3 is 0 Å². The number of nitrogen functional groups attached to an aromatic ring is 1. The van der Waals surface area contributed by atoms with Gasteiger partial charge in [-0.05, 0) is 37.5 Å². The van der Waals surface area contributed by atoms with E-state index in [1.807, 2.05) is 11.7 Å². The predicted molar refractivity (Wildman–Crippen MR) is 81.4 cm³/mol. The highest BCUT2D eigenvalue weighted by molar-refractivity contribution is 5.66. The number of hydrogen-bond acceptors (Lipinski definition) is 3. The van der Waals surface area contributed by atoms with Gasteiger partial charge in [0.05, 0.1) is 11.4 Å². The summed E-state index contributed by atoms with van der Waals surface area (Å²) in [6, 6.07) is 0.556. The van der Waals surface area contributed by atoms with Crippen molar-refractivity contribution in [3.05, 3.63) is 5.69 Å². The number of rotatable bonds is 4. The first-order valence-corrected chi connectivity index (χ1v) is 7.61. The molecular formula is C15H28N4. The molecule has 2 rings (SSSR count). The first-order chi connectivity index (χ1) is 9.02. The lowest BCUT2D eigenvalue weighted by Gasteiger charge is -2.29. The Bertz CT molecular complexity index is 414. The van der Waals surface area contributed by atoms with Gasteiger partial charge in [-0.3, -0.25) is 4.68 Å². The Kier molecular flexibility index (Phi) is 4.38. The van der Waals surface area contributed by atoms with Crippen molar-refractivity contribution in [2.24, 2.45) is 13.0 Å². The second-order valence-electron chi connectivity index (χ2n) is 6.20. The van der Waals surface area contributed by atoms with Crippen molar-refractivity contribution in [2.75, 3.05) is 11.1 Å². The van der Waals surface area contributed by atoms with Crippen molar-refractivity contribution in [1.82, 2.24) is 9.78 Å². The zero-order valence-electron chi connectivity index (χ0n) is 12.7. The average molecular weight is 264 g/mol. The van der Waals surface area contributed by atoms with Crippen molar-refractivity contribution in [2.45, 2.75) is 64.8 Å². The van der Waals surface area contributed by atoms with Crippen LogP contribution in [0.5, 0.6) is 0 Å². The van der Waals surface area contributed by atoms with E-state index in [1.165, 1.54) is 32.1 Å². The number of nitrogens with two attached hydrogens (primary N) is 1. The molecule has 0 aliphatic heterocycles. The third-order valence-electron chi connectivity index (χ3n) is 4.42. The van der Waals surface area contributed by atoms with Gasteiger partial charge in [0, 0.05) is 13.1 Å².